The number of aromatic nitrogens is 4. The van der Waals surface area contributed by atoms with Crippen molar-refractivity contribution in [2.75, 3.05) is 32.2 Å². The number of hydrogen-bond donors (Lipinski definition) is 1. The second-order valence-corrected chi connectivity index (χ2v) is 9.88. The number of amides is 1. The fourth-order valence-electron chi connectivity index (χ4n) is 4.57. The van der Waals surface area contributed by atoms with E-state index < -0.39 is 5.91 Å². The smallest absolute Gasteiger partial charge is 0.276 e. The van der Waals surface area contributed by atoms with Crippen molar-refractivity contribution in [1.29, 1.82) is 0 Å². The van der Waals surface area contributed by atoms with Gasteiger partial charge in [0.15, 0.2) is 12.0 Å². The molecule has 0 atom stereocenters. The van der Waals surface area contributed by atoms with Crippen LogP contribution in [0.4, 0.5) is 10.1 Å². The van der Waals surface area contributed by atoms with E-state index >= 15 is 0 Å². The van der Waals surface area contributed by atoms with Gasteiger partial charge >= 0.3 is 0 Å². The van der Waals surface area contributed by atoms with Gasteiger partial charge in [0.25, 0.3) is 5.91 Å². The molecule has 5 rings (SSSR count). The van der Waals surface area contributed by atoms with Gasteiger partial charge in [0, 0.05) is 42.5 Å². The average molecular weight is 583 g/mol. The Balaban J connectivity index is 1.40. The molecule has 0 saturated carbocycles. The van der Waals surface area contributed by atoms with Gasteiger partial charge in [-0.3, -0.25) is 28.5 Å². The predicted octanol–water partition coefficient (Wildman–Crippen LogP) is 5.56. The second kappa shape index (κ2) is 12.1. The lowest BCUT2D eigenvalue weighted by atomic mass is 10.1. The van der Waals surface area contributed by atoms with Crippen molar-refractivity contribution in [2.24, 2.45) is 0 Å². The van der Waals surface area contributed by atoms with Crippen molar-refractivity contribution < 1.29 is 18.7 Å². The van der Waals surface area contributed by atoms with Crippen LogP contribution in [-0.2, 0) is 13.1 Å². The molecule has 0 unspecified atom stereocenters. The molecule has 3 aromatic heterocycles. The van der Waals surface area contributed by atoms with E-state index in [9.17, 15) is 14.0 Å². The molecule has 0 radical (unpaired) electrons. The van der Waals surface area contributed by atoms with E-state index in [4.69, 9.17) is 27.9 Å². The molecular formula is C28H25Cl2FN6O3. The number of alkyl halides is 1. The molecule has 1 amide bonds. The van der Waals surface area contributed by atoms with E-state index in [1.807, 2.05) is 0 Å². The van der Waals surface area contributed by atoms with Gasteiger partial charge in [-0.25, -0.2) is 4.98 Å². The van der Waals surface area contributed by atoms with Crippen LogP contribution in [0.3, 0.4) is 0 Å². The lowest BCUT2D eigenvalue weighted by Gasteiger charge is -2.27. The minimum atomic E-state index is -0.407. The van der Waals surface area contributed by atoms with Crippen molar-refractivity contribution in [3.63, 3.8) is 0 Å². The van der Waals surface area contributed by atoms with E-state index in [0.717, 1.165) is 18.7 Å². The molecule has 4 heterocycles. The summed E-state index contributed by atoms with van der Waals surface area (Å²) >= 11 is 13.5. The van der Waals surface area contributed by atoms with Crippen molar-refractivity contribution in [3.8, 4) is 28.4 Å². The van der Waals surface area contributed by atoms with Crippen molar-refractivity contribution in [3.05, 3.63) is 75.7 Å². The summed E-state index contributed by atoms with van der Waals surface area (Å²) in [5, 5.41) is 7.84. The van der Waals surface area contributed by atoms with Crippen LogP contribution in [0.1, 0.15) is 33.0 Å². The lowest BCUT2D eigenvalue weighted by molar-refractivity contribution is 0.101. The Labute approximate surface area is 239 Å². The number of benzene rings is 1. The Morgan fingerprint density at radius 1 is 1.18 bits per heavy atom. The first-order valence-corrected chi connectivity index (χ1v) is 13.3. The fourth-order valence-corrected chi connectivity index (χ4v) is 5.14. The third kappa shape index (κ3) is 5.56. The first kappa shape index (κ1) is 27.7. The Morgan fingerprint density at radius 3 is 2.80 bits per heavy atom. The number of anilines is 1. The molecule has 1 N–H and O–H groups in total. The zero-order valence-corrected chi connectivity index (χ0v) is 23.0. The molecule has 4 aromatic rings. The summed E-state index contributed by atoms with van der Waals surface area (Å²) in [6, 6.07) is 11.9. The summed E-state index contributed by atoms with van der Waals surface area (Å²) in [7, 11) is 1.43. The molecule has 206 valence electrons. The van der Waals surface area contributed by atoms with Crippen LogP contribution in [0, 0.1) is 0 Å². The van der Waals surface area contributed by atoms with Gasteiger partial charge in [0.1, 0.15) is 0 Å². The van der Waals surface area contributed by atoms with Crippen molar-refractivity contribution in [1.82, 2.24) is 24.6 Å². The Kier molecular flexibility index (Phi) is 8.39. The van der Waals surface area contributed by atoms with Gasteiger partial charge in [-0.1, -0.05) is 35.3 Å². The zero-order chi connectivity index (χ0) is 28.2. The highest BCUT2D eigenvalue weighted by Gasteiger charge is 2.22. The van der Waals surface area contributed by atoms with Gasteiger partial charge in [0.2, 0.25) is 5.88 Å². The highest BCUT2D eigenvalue weighted by Crippen LogP contribution is 2.40. The van der Waals surface area contributed by atoms with Crippen molar-refractivity contribution in [2.45, 2.75) is 19.5 Å². The largest absolute Gasteiger partial charge is 0.480 e. The maximum atomic E-state index is 13.1. The highest BCUT2D eigenvalue weighted by molar-refractivity contribution is 6.39. The average Bonchev–Trinajstić information content (AvgIpc) is 3.41. The standard InChI is InChI=1S/C28H25Cl2FN6O3/c1-40-28-17(15-38)6-7-21(34-28)19-8-11-32-26(25(19)30)20-4-2-5-22(24(20)29)33-27(39)23-14-18-9-13-36(12-3-10-31)16-37(18)35-23/h2,4-8,11,14-15H,3,9-10,12-13,16H2,1H3,(H,33,39). The highest BCUT2D eigenvalue weighted by atomic mass is 35.5. The number of hydrogen-bond acceptors (Lipinski definition) is 7. The first-order valence-electron chi connectivity index (χ1n) is 12.5. The summed E-state index contributed by atoms with van der Waals surface area (Å²) in [6.45, 7) is 1.58. The van der Waals surface area contributed by atoms with E-state index in [1.54, 1.807) is 53.3 Å². The first-order chi connectivity index (χ1) is 19.4. The zero-order valence-electron chi connectivity index (χ0n) is 21.5. The molecular weight excluding hydrogens is 558 g/mol. The fraction of sp³-hybridized carbons (Fsp3) is 0.250. The van der Waals surface area contributed by atoms with E-state index in [2.05, 4.69) is 25.3 Å². The Bertz CT molecular complexity index is 1580. The number of methoxy groups -OCH3 is 1. The molecule has 12 heteroatoms. The van der Waals surface area contributed by atoms with Gasteiger partial charge in [-0.05, 0) is 36.8 Å². The Morgan fingerprint density at radius 2 is 2.02 bits per heavy atom. The van der Waals surface area contributed by atoms with Crippen LogP contribution >= 0.6 is 23.2 Å². The minimum absolute atomic E-state index is 0.179. The van der Waals surface area contributed by atoms with Crippen LogP contribution in [0.25, 0.3) is 22.5 Å². The summed E-state index contributed by atoms with van der Waals surface area (Å²) in [5.41, 5.74) is 3.86. The van der Waals surface area contributed by atoms with Crippen LogP contribution in [-0.4, -0.2) is 63.7 Å². The van der Waals surface area contributed by atoms with Gasteiger partial charge in [-0.2, -0.15) is 5.10 Å². The molecule has 1 aromatic carbocycles. The molecule has 1 aliphatic heterocycles. The quantitative estimate of drug-likeness (QED) is 0.258. The molecule has 0 fully saturated rings. The maximum absolute atomic E-state index is 13.1. The molecule has 1 aliphatic rings. The maximum Gasteiger partial charge on any atom is 0.276 e. The Hall–Kier alpha value is -3.86. The summed E-state index contributed by atoms with van der Waals surface area (Å²) in [6.07, 6.45) is 3.43. The number of ether oxygens (including phenoxy) is 1. The molecule has 40 heavy (non-hydrogen) atoms. The minimum Gasteiger partial charge on any atom is -0.480 e. The number of aldehydes is 1. The second-order valence-electron chi connectivity index (χ2n) is 9.13. The molecule has 0 saturated heterocycles. The molecule has 0 aliphatic carbocycles. The van der Waals surface area contributed by atoms with Crippen molar-refractivity contribution >= 4 is 41.1 Å². The molecule has 0 spiro atoms. The number of fused-ring (bicyclic) bond motifs is 1. The number of halogens is 3. The van der Waals surface area contributed by atoms with Crippen LogP contribution < -0.4 is 10.1 Å². The monoisotopic (exact) mass is 582 g/mol. The van der Waals surface area contributed by atoms with Crippen LogP contribution in [0.5, 0.6) is 5.88 Å². The topological polar surface area (TPSA) is 102 Å². The lowest BCUT2D eigenvalue weighted by Crippen LogP contribution is -2.35. The summed E-state index contributed by atoms with van der Waals surface area (Å²) in [5.74, 6) is -0.228. The van der Waals surface area contributed by atoms with Crippen LogP contribution in [0.15, 0.2) is 48.7 Å². The van der Waals surface area contributed by atoms with Gasteiger partial charge in [0.05, 0.1) is 53.1 Å². The number of nitrogens with one attached hydrogen (secondary N) is 1. The number of carbonyl (C=O) groups is 2. The number of pyridine rings is 2. The third-order valence-electron chi connectivity index (χ3n) is 6.60. The van der Waals surface area contributed by atoms with Gasteiger partial charge < -0.3 is 10.1 Å². The number of nitrogens with zero attached hydrogens (tertiary/aromatic N) is 5. The van der Waals surface area contributed by atoms with Crippen LogP contribution in [0.2, 0.25) is 10.0 Å². The summed E-state index contributed by atoms with van der Waals surface area (Å²) < 4.78 is 19.6. The number of rotatable bonds is 9. The third-order valence-corrected chi connectivity index (χ3v) is 7.39. The molecule has 0 bridgehead atoms. The summed E-state index contributed by atoms with van der Waals surface area (Å²) in [4.78, 5) is 35.3. The van der Waals surface area contributed by atoms with E-state index in [1.165, 1.54) is 7.11 Å². The molecule has 9 nitrogen and oxygen atoms in total. The number of carbonyl (C=O) groups excluding carboxylic acids is 2. The SMILES string of the molecule is COc1nc(-c2ccnc(-c3cccc(NC(=O)c4cc5n(n4)CN(CCCF)CC5)c3Cl)c2Cl)ccc1C=O. The predicted molar refractivity (Wildman–Crippen MR) is 151 cm³/mol. The van der Waals surface area contributed by atoms with Gasteiger partial charge in [-0.15, -0.1) is 0 Å². The normalized spacial score (nSPS) is 13.1. The van der Waals surface area contributed by atoms with E-state index in [0.29, 0.717) is 64.7 Å². The van der Waals surface area contributed by atoms with E-state index in [-0.39, 0.29) is 23.3 Å².